The zero-order valence-electron chi connectivity index (χ0n) is 25.7. The molecule has 5 rings (SSSR count). The lowest BCUT2D eigenvalue weighted by molar-refractivity contribution is -0.137. The van der Waals surface area contributed by atoms with Crippen molar-refractivity contribution in [3.63, 3.8) is 0 Å². The number of halogens is 5. The fourth-order valence-electron chi connectivity index (χ4n) is 5.68. The highest BCUT2D eigenvalue weighted by Gasteiger charge is 2.41. The fraction of sp³-hybridized carbons (Fsp3) is 0.312. The van der Waals surface area contributed by atoms with Crippen molar-refractivity contribution in [2.75, 3.05) is 23.8 Å². The van der Waals surface area contributed by atoms with Crippen LogP contribution < -0.4 is 24.8 Å². The summed E-state index contributed by atoms with van der Waals surface area (Å²) in [7, 11) is -1.75. The van der Waals surface area contributed by atoms with E-state index in [1.54, 1.807) is 18.2 Å². The fourth-order valence-corrected chi connectivity index (χ4v) is 7.44. The maximum atomic E-state index is 15.8. The molecule has 3 atom stereocenters. The molecule has 3 aromatic carbocycles. The molecule has 0 bridgehead atoms. The predicted molar refractivity (Wildman–Crippen MR) is 171 cm³/mol. The lowest BCUT2D eigenvalue weighted by Gasteiger charge is -2.41. The highest BCUT2D eigenvalue weighted by molar-refractivity contribution is 7.92. The standard InChI is InChI=1S/C32H32ClF4N5O5S/c1-46-22-7-6-19(28(13-22)47-2)17-42(30-9-11-39-18-40-30)48(44,45)29-14-23(33)27(15-24(29)34)41-26-8-10-31(43,16-25(26)38)20-4-3-5-21(12-20)32(35,36)37/h3-7,9,11-15,18,25-26,41,43H,8,10,16-17,38H2,1-2H3/t25-,26-,31-/m0/s1. The minimum absolute atomic E-state index is 0.0398. The molecule has 1 aromatic heterocycles. The van der Waals surface area contributed by atoms with E-state index >= 15 is 4.39 Å². The van der Waals surface area contributed by atoms with Crippen LogP contribution in [0.4, 0.5) is 29.1 Å². The molecule has 256 valence electrons. The van der Waals surface area contributed by atoms with Gasteiger partial charge in [0, 0.05) is 36.0 Å². The third kappa shape index (κ3) is 7.28. The Labute approximate surface area is 279 Å². The SMILES string of the molecule is COc1ccc(CN(c2ccncn2)S(=O)(=O)c2cc(Cl)c(N[C@H]3CC[C@@](O)(c4cccc(C(F)(F)F)c4)C[C@@H]3N)cc2F)c(OC)c1. The highest BCUT2D eigenvalue weighted by Crippen LogP contribution is 2.41. The Bertz CT molecular complexity index is 1890. The lowest BCUT2D eigenvalue weighted by Crippen LogP contribution is -2.50. The first-order chi connectivity index (χ1) is 22.7. The number of methoxy groups -OCH3 is 2. The number of hydrogen-bond donors (Lipinski definition) is 3. The topological polar surface area (TPSA) is 140 Å². The van der Waals surface area contributed by atoms with E-state index in [1.165, 1.54) is 38.6 Å². The molecule has 0 saturated heterocycles. The largest absolute Gasteiger partial charge is 0.497 e. The molecular formula is C32H32ClF4N5O5S. The van der Waals surface area contributed by atoms with Gasteiger partial charge in [-0.15, -0.1) is 0 Å². The van der Waals surface area contributed by atoms with Crippen molar-refractivity contribution < 1.29 is 40.6 Å². The van der Waals surface area contributed by atoms with Gasteiger partial charge in [0.15, 0.2) is 0 Å². The second-order valence-electron chi connectivity index (χ2n) is 11.3. The van der Waals surface area contributed by atoms with Crippen LogP contribution >= 0.6 is 11.6 Å². The van der Waals surface area contributed by atoms with E-state index in [9.17, 15) is 26.7 Å². The number of alkyl halides is 3. The zero-order valence-corrected chi connectivity index (χ0v) is 27.3. The molecule has 4 N–H and O–H groups in total. The number of ether oxygens (including phenoxy) is 2. The molecule has 4 aromatic rings. The van der Waals surface area contributed by atoms with Gasteiger partial charge >= 0.3 is 6.18 Å². The van der Waals surface area contributed by atoms with Gasteiger partial charge in [-0.25, -0.2) is 27.1 Å². The Morgan fingerprint density at radius 3 is 2.54 bits per heavy atom. The summed E-state index contributed by atoms with van der Waals surface area (Å²) in [5.41, 5.74) is 4.41. The number of benzene rings is 3. The Morgan fingerprint density at radius 1 is 1.12 bits per heavy atom. The van der Waals surface area contributed by atoms with Crippen LogP contribution in [0.2, 0.25) is 5.02 Å². The molecule has 10 nitrogen and oxygen atoms in total. The highest BCUT2D eigenvalue weighted by atomic mass is 35.5. The second kappa shape index (κ2) is 13.7. The van der Waals surface area contributed by atoms with Crippen molar-refractivity contribution in [3.05, 3.63) is 101 Å². The molecule has 0 aliphatic heterocycles. The van der Waals surface area contributed by atoms with Crippen molar-refractivity contribution >= 4 is 33.1 Å². The van der Waals surface area contributed by atoms with Crippen LogP contribution in [0.1, 0.15) is 36.0 Å². The van der Waals surface area contributed by atoms with Gasteiger partial charge in [-0.2, -0.15) is 13.2 Å². The number of hydrogen-bond acceptors (Lipinski definition) is 9. The minimum atomic E-state index is -4.64. The average Bonchev–Trinajstić information content (AvgIpc) is 3.06. The molecule has 0 spiro atoms. The first-order valence-electron chi connectivity index (χ1n) is 14.6. The van der Waals surface area contributed by atoms with Crippen molar-refractivity contribution in [2.24, 2.45) is 5.73 Å². The molecule has 48 heavy (non-hydrogen) atoms. The van der Waals surface area contributed by atoms with E-state index in [-0.39, 0.29) is 47.9 Å². The van der Waals surface area contributed by atoms with Gasteiger partial charge < -0.3 is 25.6 Å². The smallest absolute Gasteiger partial charge is 0.416 e. The van der Waals surface area contributed by atoms with Gasteiger partial charge in [-0.3, -0.25) is 0 Å². The first-order valence-corrected chi connectivity index (χ1v) is 16.4. The van der Waals surface area contributed by atoms with Crippen molar-refractivity contribution in [1.82, 2.24) is 9.97 Å². The lowest BCUT2D eigenvalue weighted by atomic mass is 9.75. The van der Waals surface area contributed by atoms with Crippen LogP contribution in [0.3, 0.4) is 0 Å². The molecule has 16 heteroatoms. The number of anilines is 2. The molecule has 0 unspecified atom stereocenters. The van der Waals surface area contributed by atoms with E-state index < -0.39 is 50.2 Å². The van der Waals surface area contributed by atoms with Crippen molar-refractivity contribution in [3.8, 4) is 11.5 Å². The van der Waals surface area contributed by atoms with Crippen LogP contribution in [0.25, 0.3) is 0 Å². The summed E-state index contributed by atoms with van der Waals surface area (Å²) in [6.07, 6.45) is -1.94. The number of aromatic nitrogens is 2. The molecule has 1 aliphatic rings. The molecule has 0 radical (unpaired) electrons. The van der Waals surface area contributed by atoms with E-state index in [0.29, 0.717) is 17.1 Å². The third-order valence-electron chi connectivity index (χ3n) is 8.25. The number of rotatable bonds is 10. The van der Waals surface area contributed by atoms with E-state index in [1.807, 2.05) is 0 Å². The van der Waals surface area contributed by atoms with Crippen LogP contribution in [0.5, 0.6) is 11.5 Å². The van der Waals surface area contributed by atoms with E-state index in [0.717, 1.165) is 34.9 Å². The Morgan fingerprint density at radius 2 is 1.90 bits per heavy atom. The summed E-state index contributed by atoms with van der Waals surface area (Å²) < 4.78 is 95.3. The minimum Gasteiger partial charge on any atom is -0.497 e. The number of nitrogens with two attached hydrogens (primary N) is 1. The normalized spacial score (nSPS) is 19.9. The Kier molecular flexibility index (Phi) is 10.1. The molecule has 1 heterocycles. The molecule has 1 fully saturated rings. The first kappa shape index (κ1) is 35.1. The van der Waals surface area contributed by atoms with Crippen LogP contribution in [-0.2, 0) is 28.3 Å². The van der Waals surface area contributed by atoms with Crippen LogP contribution in [-0.4, -0.2) is 49.8 Å². The number of nitrogens with one attached hydrogen (secondary N) is 1. The predicted octanol–water partition coefficient (Wildman–Crippen LogP) is 5.88. The van der Waals surface area contributed by atoms with Gasteiger partial charge in [0.05, 0.1) is 42.6 Å². The summed E-state index contributed by atoms with van der Waals surface area (Å²) in [5, 5.41) is 14.2. The summed E-state index contributed by atoms with van der Waals surface area (Å²) in [4.78, 5) is 7.19. The van der Waals surface area contributed by atoms with Gasteiger partial charge in [0.2, 0.25) is 0 Å². The summed E-state index contributed by atoms with van der Waals surface area (Å²) in [6, 6.07) is 11.2. The summed E-state index contributed by atoms with van der Waals surface area (Å²) in [5.74, 6) is -0.356. The number of aliphatic hydroxyl groups is 1. The van der Waals surface area contributed by atoms with Gasteiger partial charge in [0.25, 0.3) is 10.0 Å². The maximum Gasteiger partial charge on any atom is 0.416 e. The molecule has 1 aliphatic carbocycles. The Balaban J connectivity index is 1.40. The van der Waals surface area contributed by atoms with Crippen LogP contribution in [0, 0.1) is 5.82 Å². The van der Waals surface area contributed by atoms with Gasteiger partial charge in [-0.1, -0.05) is 23.7 Å². The van der Waals surface area contributed by atoms with Gasteiger partial charge in [-0.05, 0) is 61.2 Å². The zero-order chi connectivity index (χ0) is 34.9. The molecule has 1 saturated carbocycles. The van der Waals surface area contributed by atoms with Crippen molar-refractivity contribution in [2.45, 2.75) is 54.6 Å². The second-order valence-corrected chi connectivity index (χ2v) is 13.5. The average molecular weight is 710 g/mol. The Hall–Kier alpha value is -4.18. The number of sulfonamides is 1. The third-order valence-corrected chi connectivity index (χ3v) is 10.3. The summed E-state index contributed by atoms with van der Waals surface area (Å²) >= 11 is 6.51. The van der Waals surface area contributed by atoms with Crippen molar-refractivity contribution in [1.29, 1.82) is 0 Å². The molecular weight excluding hydrogens is 678 g/mol. The maximum absolute atomic E-state index is 15.8. The number of nitrogens with zero attached hydrogens (tertiary/aromatic N) is 3. The van der Waals surface area contributed by atoms with Crippen LogP contribution in [0.15, 0.2) is 78.1 Å². The molecule has 0 amide bonds. The van der Waals surface area contributed by atoms with E-state index in [4.69, 9.17) is 26.8 Å². The van der Waals surface area contributed by atoms with Gasteiger partial charge in [0.1, 0.15) is 34.4 Å². The quantitative estimate of drug-likeness (QED) is 0.172. The summed E-state index contributed by atoms with van der Waals surface area (Å²) in [6.45, 7) is -0.296. The van der Waals surface area contributed by atoms with E-state index in [2.05, 4.69) is 15.3 Å². The monoisotopic (exact) mass is 709 g/mol.